The first-order valence-corrected chi connectivity index (χ1v) is 8.55. The van der Waals surface area contributed by atoms with Crippen molar-refractivity contribution < 1.29 is 9.53 Å². The number of rotatable bonds is 5. The van der Waals surface area contributed by atoms with Crippen LogP contribution in [0.3, 0.4) is 0 Å². The fraction of sp³-hybridized carbons (Fsp3) is 0.556. The lowest BCUT2D eigenvalue weighted by molar-refractivity contribution is -0.120. The second kappa shape index (κ2) is 11.3. The molecule has 0 radical (unpaired) electrons. The molecule has 1 unspecified atom stereocenters. The predicted molar refractivity (Wildman–Crippen MR) is 112 cm³/mol. The Morgan fingerprint density at radius 1 is 1.36 bits per heavy atom. The second-order valence-corrected chi connectivity index (χ2v) is 5.91. The average Bonchev–Trinajstić information content (AvgIpc) is 2.61. The van der Waals surface area contributed by atoms with Crippen molar-refractivity contribution in [3.05, 3.63) is 35.4 Å². The van der Waals surface area contributed by atoms with Gasteiger partial charge in [0.05, 0.1) is 19.7 Å². The van der Waals surface area contributed by atoms with Gasteiger partial charge in [0.2, 0.25) is 5.91 Å². The molecule has 6 nitrogen and oxygen atoms in total. The maximum Gasteiger partial charge on any atom is 0.239 e. The predicted octanol–water partition coefficient (Wildman–Crippen LogP) is 2.09. The monoisotopic (exact) mass is 460 g/mol. The fourth-order valence-corrected chi connectivity index (χ4v) is 2.80. The molecule has 0 aromatic heterocycles. The second-order valence-electron chi connectivity index (χ2n) is 5.91. The Morgan fingerprint density at radius 2 is 2.12 bits per heavy atom. The van der Waals surface area contributed by atoms with E-state index in [1.807, 2.05) is 19.1 Å². The van der Waals surface area contributed by atoms with Crippen molar-refractivity contribution in [2.45, 2.75) is 26.4 Å². The Morgan fingerprint density at radius 3 is 2.80 bits per heavy atom. The quantitative estimate of drug-likeness (QED) is 0.401. The van der Waals surface area contributed by atoms with Crippen molar-refractivity contribution in [2.75, 3.05) is 39.8 Å². The van der Waals surface area contributed by atoms with Gasteiger partial charge in [-0.05, 0) is 24.5 Å². The summed E-state index contributed by atoms with van der Waals surface area (Å²) in [6.07, 6.45) is 0.953. The zero-order valence-corrected chi connectivity index (χ0v) is 17.6. The first-order valence-electron chi connectivity index (χ1n) is 8.55. The molecule has 2 rings (SSSR count). The Kier molecular flexibility index (Phi) is 9.81. The summed E-state index contributed by atoms with van der Waals surface area (Å²) in [6.45, 7) is 7.20. The smallest absolute Gasteiger partial charge is 0.239 e. The number of amides is 1. The molecule has 7 heteroatoms. The number of halogens is 1. The summed E-state index contributed by atoms with van der Waals surface area (Å²) in [5.74, 6) is 0.727. The number of benzene rings is 1. The fourth-order valence-electron chi connectivity index (χ4n) is 2.80. The van der Waals surface area contributed by atoms with Crippen LogP contribution in [-0.4, -0.2) is 56.6 Å². The van der Waals surface area contributed by atoms with Crippen LogP contribution in [0.4, 0.5) is 0 Å². The molecule has 0 saturated carbocycles. The molecule has 140 valence electrons. The van der Waals surface area contributed by atoms with Crippen molar-refractivity contribution in [1.82, 2.24) is 15.5 Å². The van der Waals surface area contributed by atoms with Gasteiger partial charge in [0.25, 0.3) is 0 Å². The van der Waals surface area contributed by atoms with E-state index in [2.05, 4.69) is 39.6 Å². The highest BCUT2D eigenvalue weighted by atomic mass is 127. The minimum atomic E-state index is -0.0123. The van der Waals surface area contributed by atoms with Crippen LogP contribution in [0.5, 0.6) is 0 Å². The van der Waals surface area contributed by atoms with Gasteiger partial charge in [0.1, 0.15) is 6.10 Å². The zero-order valence-electron chi connectivity index (χ0n) is 15.2. The van der Waals surface area contributed by atoms with Gasteiger partial charge in [-0.1, -0.05) is 31.2 Å². The summed E-state index contributed by atoms with van der Waals surface area (Å²) >= 11 is 0. The number of aliphatic imine (C=N–C) groups is 1. The number of morpholine rings is 1. The summed E-state index contributed by atoms with van der Waals surface area (Å²) in [5, 5.41) is 6.00. The van der Waals surface area contributed by atoms with Crippen LogP contribution in [-0.2, 0) is 9.53 Å². The van der Waals surface area contributed by atoms with Gasteiger partial charge in [-0.2, -0.15) is 0 Å². The number of guanidine groups is 1. The Labute approximate surface area is 167 Å². The minimum Gasteiger partial charge on any atom is -0.370 e. The molecular weight excluding hydrogens is 431 g/mol. The van der Waals surface area contributed by atoms with Crippen LogP contribution < -0.4 is 10.6 Å². The summed E-state index contributed by atoms with van der Waals surface area (Å²) in [7, 11) is 1.74. The molecule has 1 aliphatic heterocycles. The zero-order chi connectivity index (χ0) is 17.4. The number of ether oxygens (including phenoxy) is 1. The molecule has 2 N–H and O–H groups in total. The van der Waals surface area contributed by atoms with Crippen molar-refractivity contribution in [1.29, 1.82) is 0 Å². The molecule has 1 aromatic rings. The Hall–Kier alpha value is -1.35. The molecule has 1 aromatic carbocycles. The summed E-state index contributed by atoms with van der Waals surface area (Å²) in [4.78, 5) is 18.2. The standard InChI is InChI=1S/C18H28N4O2.HI/c1-4-9-20-17(23)12-21-18(19-3)22-10-11-24-16(13-22)15-8-6-5-7-14(15)2;/h5-8,16H,4,9-13H2,1-3H3,(H,19,21)(H,20,23);1H. The number of nitrogens with zero attached hydrogens (tertiary/aromatic N) is 2. The minimum absolute atomic E-state index is 0. The van der Waals surface area contributed by atoms with E-state index < -0.39 is 0 Å². The molecule has 1 atom stereocenters. The van der Waals surface area contributed by atoms with Gasteiger partial charge in [-0.25, -0.2) is 0 Å². The molecule has 1 amide bonds. The van der Waals surface area contributed by atoms with Crippen molar-refractivity contribution in [3.63, 3.8) is 0 Å². The summed E-state index contributed by atoms with van der Waals surface area (Å²) in [5.41, 5.74) is 2.43. The van der Waals surface area contributed by atoms with Gasteiger partial charge in [-0.15, -0.1) is 24.0 Å². The summed E-state index contributed by atoms with van der Waals surface area (Å²) in [6, 6.07) is 8.28. The van der Waals surface area contributed by atoms with Crippen LogP contribution in [0.15, 0.2) is 29.3 Å². The molecule has 0 aliphatic carbocycles. The number of hydrogen-bond donors (Lipinski definition) is 2. The van der Waals surface area contributed by atoms with Crippen LogP contribution in [0.1, 0.15) is 30.6 Å². The number of carbonyl (C=O) groups is 1. The van der Waals surface area contributed by atoms with Gasteiger partial charge in [0, 0.05) is 20.1 Å². The third-order valence-electron chi connectivity index (χ3n) is 4.09. The molecular formula is C18H29IN4O2. The van der Waals surface area contributed by atoms with Crippen LogP contribution in [0.2, 0.25) is 0 Å². The van der Waals surface area contributed by atoms with Crippen LogP contribution in [0.25, 0.3) is 0 Å². The first-order chi connectivity index (χ1) is 11.7. The first kappa shape index (κ1) is 21.7. The van der Waals surface area contributed by atoms with E-state index in [0.717, 1.165) is 25.5 Å². The number of nitrogens with one attached hydrogen (secondary N) is 2. The lowest BCUT2D eigenvalue weighted by Gasteiger charge is -2.35. The third-order valence-corrected chi connectivity index (χ3v) is 4.09. The van der Waals surface area contributed by atoms with Crippen LogP contribution in [0, 0.1) is 6.92 Å². The number of hydrogen-bond acceptors (Lipinski definition) is 3. The molecule has 1 fully saturated rings. The lowest BCUT2D eigenvalue weighted by Crippen LogP contribution is -2.50. The van der Waals surface area contributed by atoms with E-state index >= 15 is 0 Å². The molecule has 0 spiro atoms. The van der Waals surface area contributed by atoms with E-state index in [0.29, 0.717) is 13.2 Å². The molecule has 0 bridgehead atoms. The largest absolute Gasteiger partial charge is 0.370 e. The topological polar surface area (TPSA) is 66.0 Å². The molecule has 1 aliphatic rings. The maximum absolute atomic E-state index is 11.8. The van der Waals surface area contributed by atoms with Gasteiger partial charge in [0.15, 0.2) is 5.96 Å². The van der Waals surface area contributed by atoms with E-state index in [1.54, 1.807) is 7.05 Å². The third kappa shape index (κ3) is 6.47. The van der Waals surface area contributed by atoms with Crippen molar-refractivity contribution >= 4 is 35.8 Å². The Bertz CT molecular complexity index is 580. The maximum atomic E-state index is 11.8. The van der Waals surface area contributed by atoms with E-state index in [-0.39, 0.29) is 42.5 Å². The van der Waals surface area contributed by atoms with Crippen LogP contribution >= 0.6 is 24.0 Å². The number of carbonyl (C=O) groups excluding carboxylic acids is 1. The Balaban J connectivity index is 0.00000312. The van der Waals surface area contributed by atoms with E-state index in [9.17, 15) is 4.79 Å². The average molecular weight is 460 g/mol. The SMILES string of the molecule is CCCNC(=O)CNC(=NC)N1CCOC(c2ccccc2C)C1.I. The van der Waals surface area contributed by atoms with E-state index in [4.69, 9.17) is 4.74 Å². The number of aryl methyl sites for hydroxylation is 1. The van der Waals surface area contributed by atoms with Gasteiger partial charge < -0.3 is 20.3 Å². The van der Waals surface area contributed by atoms with Crippen molar-refractivity contribution in [2.24, 2.45) is 4.99 Å². The van der Waals surface area contributed by atoms with E-state index in [1.165, 1.54) is 11.1 Å². The molecule has 1 heterocycles. The van der Waals surface area contributed by atoms with Gasteiger partial charge in [-0.3, -0.25) is 9.79 Å². The summed E-state index contributed by atoms with van der Waals surface area (Å²) < 4.78 is 5.94. The highest BCUT2D eigenvalue weighted by Gasteiger charge is 2.25. The highest BCUT2D eigenvalue weighted by molar-refractivity contribution is 14.0. The van der Waals surface area contributed by atoms with Gasteiger partial charge >= 0.3 is 0 Å². The normalized spacial score (nSPS) is 17.6. The molecule has 1 saturated heterocycles. The molecule has 25 heavy (non-hydrogen) atoms. The van der Waals surface area contributed by atoms with Crippen molar-refractivity contribution in [3.8, 4) is 0 Å². The lowest BCUT2D eigenvalue weighted by atomic mass is 10.0. The highest BCUT2D eigenvalue weighted by Crippen LogP contribution is 2.24.